The van der Waals surface area contributed by atoms with Gasteiger partial charge >= 0.3 is 0 Å². The number of aromatic nitrogens is 1. The van der Waals surface area contributed by atoms with Gasteiger partial charge < -0.3 is 20.8 Å². The number of pyridine rings is 1. The molecule has 0 saturated carbocycles. The Hall–Kier alpha value is -2.60. The second kappa shape index (κ2) is 5.83. The Bertz CT molecular complexity index is 582. The molecule has 4 N–H and O–H groups in total. The van der Waals surface area contributed by atoms with Crippen molar-refractivity contribution in [2.24, 2.45) is 10.9 Å². The first-order valence-electron chi connectivity index (χ1n) is 5.54. The van der Waals surface area contributed by atoms with E-state index in [0.717, 1.165) is 5.56 Å². The Morgan fingerprint density at radius 3 is 2.63 bits per heavy atom. The van der Waals surface area contributed by atoms with Crippen LogP contribution in [0.4, 0.5) is 0 Å². The minimum Gasteiger partial charge on any atom is -0.455 e. The quantitative estimate of drug-likeness (QED) is 0.334. The monoisotopic (exact) mass is 259 g/mol. The maximum atomic E-state index is 8.96. The number of hydrogen-bond acceptors (Lipinski definition) is 5. The Morgan fingerprint density at radius 2 is 2.00 bits per heavy atom. The fraction of sp³-hybridized carbons (Fsp3) is 0.0769. The molecule has 0 bridgehead atoms. The van der Waals surface area contributed by atoms with Crippen LogP contribution in [0, 0.1) is 0 Å². The molecule has 6 heteroatoms. The van der Waals surface area contributed by atoms with Crippen molar-refractivity contribution in [3.8, 4) is 11.5 Å². The van der Waals surface area contributed by atoms with Crippen molar-refractivity contribution in [2.45, 2.75) is 6.61 Å². The fourth-order valence-electron chi connectivity index (χ4n) is 1.52. The summed E-state index contributed by atoms with van der Waals surface area (Å²) in [4.78, 5) is 3.93. The van der Waals surface area contributed by atoms with Crippen LogP contribution in [0.5, 0.6) is 11.5 Å². The van der Waals surface area contributed by atoms with Gasteiger partial charge in [-0.1, -0.05) is 17.3 Å². The Morgan fingerprint density at radius 1 is 1.26 bits per heavy atom. The molecule has 19 heavy (non-hydrogen) atoms. The molecule has 2 rings (SSSR count). The van der Waals surface area contributed by atoms with Crippen LogP contribution in [0.1, 0.15) is 11.1 Å². The van der Waals surface area contributed by atoms with Gasteiger partial charge in [0.05, 0.1) is 18.4 Å². The molecule has 0 amide bonds. The first-order chi connectivity index (χ1) is 9.24. The van der Waals surface area contributed by atoms with E-state index in [0.29, 0.717) is 17.1 Å². The highest BCUT2D eigenvalue weighted by atomic mass is 16.5. The normalized spacial score (nSPS) is 11.3. The third-order valence-corrected chi connectivity index (χ3v) is 2.50. The van der Waals surface area contributed by atoms with Gasteiger partial charge in [0.15, 0.2) is 11.6 Å². The molecule has 0 aliphatic heterocycles. The second-order valence-electron chi connectivity index (χ2n) is 3.76. The summed E-state index contributed by atoms with van der Waals surface area (Å²) in [6.07, 6.45) is 3.00. The van der Waals surface area contributed by atoms with Gasteiger partial charge in [-0.05, 0) is 23.8 Å². The summed E-state index contributed by atoms with van der Waals surface area (Å²) in [5.74, 6) is 0.899. The number of hydrogen-bond donors (Lipinski definition) is 3. The molecule has 98 valence electrons. The first kappa shape index (κ1) is 12.8. The molecular weight excluding hydrogens is 246 g/mol. The molecule has 0 unspecified atom stereocenters. The highest BCUT2D eigenvalue weighted by molar-refractivity contribution is 5.99. The average Bonchev–Trinajstić information content (AvgIpc) is 2.48. The predicted octanol–water partition coefficient (Wildman–Crippen LogP) is 1.46. The van der Waals surface area contributed by atoms with Crippen molar-refractivity contribution in [2.75, 3.05) is 0 Å². The number of aliphatic hydroxyl groups excluding tert-OH is 1. The van der Waals surface area contributed by atoms with Crippen LogP contribution >= 0.6 is 0 Å². The van der Waals surface area contributed by atoms with Crippen molar-refractivity contribution in [1.82, 2.24) is 4.98 Å². The largest absolute Gasteiger partial charge is 0.455 e. The van der Waals surface area contributed by atoms with Gasteiger partial charge in [-0.2, -0.15) is 0 Å². The zero-order valence-electron chi connectivity index (χ0n) is 10.0. The number of nitrogens with two attached hydrogens (primary N) is 1. The lowest BCUT2D eigenvalue weighted by Crippen LogP contribution is -2.14. The molecule has 0 atom stereocenters. The molecule has 2 aromatic rings. The Kier molecular flexibility index (Phi) is 3.94. The predicted molar refractivity (Wildman–Crippen MR) is 69.2 cm³/mol. The SMILES string of the molecule is N/C(=N/O)c1ccncc1Oc1ccc(CO)cc1. The van der Waals surface area contributed by atoms with E-state index in [2.05, 4.69) is 10.1 Å². The lowest BCUT2D eigenvalue weighted by atomic mass is 10.2. The van der Waals surface area contributed by atoms with Gasteiger partial charge in [0.1, 0.15) is 5.75 Å². The van der Waals surface area contributed by atoms with Crippen LogP contribution in [0.2, 0.25) is 0 Å². The molecule has 0 aliphatic rings. The molecular formula is C13H13N3O3. The molecule has 0 spiro atoms. The van der Waals surface area contributed by atoms with E-state index in [-0.39, 0.29) is 12.4 Å². The summed E-state index contributed by atoms with van der Waals surface area (Å²) in [5, 5.41) is 20.6. The average molecular weight is 259 g/mol. The van der Waals surface area contributed by atoms with Gasteiger partial charge in [0, 0.05) is 6.20 Å². The summed E-state index contributed by atoms with van der Waals surface area (Å²) in [5.41, 5.74) is 6.79. The number of oxime groups is 1. The van der Waals surface area contributed by atoms with Crippen LogP contribution in [0.15, 0.2) is 47.9 Å². The first-order valence-corrected chi connectivity index (χ1v) is 5.54. The summed E-state index contributed by atoms with van der Waals surface area (Å²) in [6.45, 7) is -0.0253. The summed E-state index contributed by atoms with van der Waals surface area (Å²) >= 11 is 0. The van der Waals surface area contributed by atoms with Crippen molar-refractivity contribution < 1.29 is 15.1 Å². The highest BCUT2D eigenvalue weighted by Gasteiger charge is 2.09. The van der Waals surface area contributed by atoms with E-state index in [9.17, 15) is 0 Å². The number of benzene rings is 1. The summed E-state index contributed by atoms with van der Waals surface area (Å²) in [6, 6.07) is 8.51. The molecule has 0 aliphatic carbocycles. The highest BCUT2D eigenvalue weighted by Crippen LogP contribution is 2.24. The third-order valence-electron chi connectivity index (χ3n) is 2.50. The number of ether oxygens (including phenoxy) is 1. The van der Waals surface area contributed by atoms with Crippen molar-refractivity contribution in [3.63, 3.8) is 0 Å². The van der Waals surface area contributed by atoms with Crippen molar-refractivity contribution in [1.29, 1.82) is 0 Å². The fourth-order valence-corrected chi connectivity index (χ4v) is 1.52. The van der Waals surface area contributed by atoms with Gasteiger partial charge in [-0.25, -0.2) is 0 Å². The lowest BCUT2D eigenvalue weighted by Gasteiger charge is -2.09. The van der Waals surface area contributed by atoms with Crippen LogP contribution in [-0.4, -0.2) is 21.1 Å². The molecule has 0 fully saturated rings. The van der Waals surface area contributed by atoms with E-state index in [1.54, 1.807) is 30.3 Å². The molecule has 1 aromatic heterocycles. The summed E-state index contributed by atoms with van der Waals surface area (Å²) < 4.78 is 5.62. The van der Waals surface area contributed by atoms with E-state index in [1.165, 1.54) is 12.4 Å². The van der Waals surface area contributed by atoms with E-state index in [4.69, 9.17) is 20.8 Å². The minimum atomic E-state index is -0.0515. The van der Waals surface area contributed by atoms with Crippen LogP contribution in [0.3, 0.4) is 0 Å². The standard InChI is InChI=1S/C13H13N3O3/c14-13(16-18)11-5-6-15-7-12(11)19-10-3-1-9(8-17)2-4-10/h1-7,17-18H,8H2,(H2,14,16). The van der Waals surface area contributed by atoms with Crippen molar-refractivity contribution >= 4 is 5.84 Å². The molecule has 0 radical (unpaired) electrons. The molecule has 1 aromatic carbocycles. The molecule has 6 nitrogen and oxygen atoms in total. The van der Waals surface area contributed by atoms with E-state index < -0.39 is 0 Å². The van der Waals surface area contributed by atoms with Gasteiger partial charge in [-0.3, -0.25) is 4.98 Å². The molecule has 1 heterocycles. The number of nitrogens with zero attached hydrogens (tertiary/aromatic N) is 2. The van der Waals surface area contributed by atoms with Gasteiger partial charge in [0.25, 0.3) is 0 Å². The van der Waals surface area contributed by atoms with Crippen LogP contribution in [0.25, 0.3) is 0 Å². The summed E-state index contributed by atoms with van der Waals surface area (Å²) in [7, 11) is 0. The van der Waals surface area contributed by atoms with E-state index >= 15 is 0 Å². The Labute approximate surface area is 109 Å². The van der Waals surface area contributed by atoms with E-state index in [1.807, 2.05) is 0 Å². The number of aliphatic hydroxyl groups is 1. The van der Waals surface area contributed by atoms with Crippen LogP contribution < -0.4 is 10.5 Å². The van der Waals surface area contributed by atoms with Gasteiger partial charge in [-0.15, -0.1) is 0 Å². The zero-order valence-corrected chi connectivity index (χ0v) is 10.0. The number of amidine groups is 1. The molecule has 0 saturated heterocycles. The zero-order chi connectivity index (χ0) is 13.7. The Balaban J connectivity index is 2.27. The maximum Gasteiger partial charge on any atom is 0.173 e. The minimum absolute atomic E-state index is 0.0253. The van der Waals surface area contributed by atoms with Crippen molar-refractivity contribution in [3.05, 3.63) is 53.9 Å². The lowest BCUT2D eigenvalue weighted by molar-refractivity contribution is 0.281. The van der Waals surface area contributed by atoms with Gasteiger partial charge in [0.2, 0.25) is 0 Å². The van der Waals surface area contributed by atoms with Crippen LogP contribution in [-0.2, 0) is 6.61 Å². The smallest absolute Gasteiger partial charge is 0.173 e. The maximum absolute atomic E-state index is 8.96. The second-order valence-corrected chi connectivity index (χ2v) is 3.76. The third kappa shape index (κ3) is 2.99. The number of rotatable bonds is 4. The topological polar surface area (TPSA) is 101 Å².